The van der Waals surface area contributed by atoms with E-state index in [4.69, 9.17) is 9.47 Å². The number of benzene rings is 1. The van der Waals surface area contributed by atoms with Crippen LogP contribution in [0.4, 0.5) is 0 Å². The molecule has 2 aromatic rings. The van der Waals surface area contributed by atoms with Crippen molar-refractivity contribution >= 4 is 0 Å². The summed E-state index contributed by atoms with van der Waals surface area (Å²) in [6.45, 7) is 0.118. The fourth-order valence-electron chi connectivity index (χ4n) is 2.25. The molecule has 0 fully saturated rings. The van der Waals surface area contributed by atoms with Gasteiger partial charge in [0.1, 0.15) is 5.69 Å². The van der Waals surface area contributed by atoms with Crippen LogP contribution in [0.25, 0.3) is 0 Å². The highest BCUT2D eigenvalue weighted by molar-refractivity contribution is 5.40. The van der Waals surface area contributed by atoms with E-state index in [2.05, 4.69) is 5.10 Å². The summed E-state index contributed by atoms with van der Waals surface area (Å²) in [6.07, 6.45) is 1.58. The van der Waals surface area contributed by atoms with Crippen LogP contribution >= 0.6 is 0 Å². The number of aromatic nitrogens is 2. The molecule has 0 amide bonds. The molecule has 1 heterocycles. The smallest absolute Gasteiger partial charge is 0.163 e. The molecule has 0 aliphatic rings. The summed E-state index contributed by atoms with van der Waals surface area (Å²) in [5.74, 6) is 0.533. The van der Waals surface area contributed by atoms with Gasteiger partial charge in [0.2, 0.25) is 0 Å². The molecule has 1 N–H and O–H groups in total. The van der Waals surface area contributed by atoms with Crippen LogP contribution in [0.5, 0.6) is 5.75 Å². The molecule has 1 aromatic heterocycles. The molecule has 0 bridgehead atoms. The normalized spacial score (nSPS) is 14.1. The molecule has 102 valence electrons. The lowest BCUT2D eigenvalue weighted by Crippen LogP contribution is -2.35. The van der Waals surface area contributed by atoms with E-state index < -0.39 is 5.60 Å². The van der Waals surface area contributed by atoms with Gasteiger partial charge >= 0.3 is 0 Å². The van der Waals surface area contributed by atoms with E-state index in [1.54, 1.807) is 32.1 Å². The van der Waals surface area contributed by atoms with Crippen LogP contribution in [0, 0.1) is 0 Å². The first-order chi connectivity index (χ1) is 9.13. The Hall–Kier alpha value is -1.85. The number of methoxy groups -OCH3 is 2. The molecular weight excluding hydrogens is 244 g/mol. The Labute approximate surface area is 112 Å². The average Bonchev–Trinajstić information content (AvgIpc) is 2.81. The largest absolute Gasteiger partial charge is 0.493 e. The molecule has 5 nitrogen and oxygen atoms in total. The van der Waals surface area contributed by atoms with Gasteiger partial charge in [-0.05, 0) is 5.56 Å². The maximum Gasteiger partial charge on any atom is 0.163 e. The molecule has 2 rings (SSSR count). The number of hydrogen-bond donors (Lipinski definition) is 1. The van der Waals surface area contributed by atoms with Crippen molar-refractivity contribution in [2.45, 2.75) is 5.60 Å². The second-order valence-electron chi connectivity index (χ2n) is 4.34. The first-order valence-corrected chi connectivity index (χ1v) is 5.96. The van der Waals surface area contributed by atoms with Crippen molar-refractivity contribution in [2.75, 3.05) is 20.8 Å². The maximum atomic E-state index is 11.1. The number of rotatable bonds is 5. The Morgan fingerprint density at radius 2 is 1.95 bits per heavy atom. The summed E-state index contributed by atoms with van der Waals surface area (Å²) in [5.41, 5.74) is 0.00822. The molecule has 0 radical (unpaired) electrons. The number of hydrogen-bond acceptors (Lipinski definition) is 4. The number of aliphatic hydroxyl groups is 1. The lowest BCUT2D eigenvalue weighted by molar-refractivity contribution is -0.0105. The van der Waals surface area contributed by atoms with Crippen molar-refractivity contribution in [3.8, 4) is 5.75 Å². The van der Waals surface area contributed by atoms with Crippen molar-refractivity contribution in [1.82, 2.24) is 9.78 Å². The van der Waals surface area contributed by atoms with Crippen molar-refractivity contribution in [1.29, 1.82) is 0 Å². The molecule has 0 saturated carbocycles. The third-order valence-corrected chi connectivity index (χ3v) is 3.12. The van der Waals surface area contributed by atoms with E-state index in [9.17, 15) is 5.11 Å². The molecule has 0 saturated heterocycles. The van der Waals surface area contributed by atoms with Gasteiger partial charge in [-0.25, -0.2) is 0 Å². The van der Waals surface area contributed by atoms with Crippen molar-refractivity contribution in [2.24, 2.45) is 7.05 Å². The van der Waals surface area contributed by atoms with Gasteiger partial charge in [-0.1, -0.05) is 30.3 Å². The standard InChI is InChI=1S/C14H18N2O3/c1-16-13(12(19-3)9-15-16)14(17,10-18-2)11-7-5-4-6-8-11/h4-9,17H,10H2,1-3H3. The van der Waals surface area contributed by atoms with Crippen molar-refractivity contribution in [3.63, 3.8) is 0 Å². The highest BCUT2D eigenvalue weighted by Crippen LogP contribution is 2.35. The van der Waals surface area contributed by atoms with Gasteiger partial charge in [0.25, 0.3) is 0 Å². The molecule has 19 heavy (non-hydrogen) atoms. The number of ether oxygens (including phenoxy) is 2. The summed E-state index contributed by atoms with van der Waals surface area (Å²) in [4.78, 5) is 0. The molecule has 1 unspecified atom stereocenters. The van der Waals surface area contributed by atoms with Crippen LogP contribution < -0.4 is 4.74 Å². The molecule has 5 heteroatoms. The fraction of sp³-hybridized carbons (Fsp3) is 0.357. The first-order valence-electron chi connectivity index (χ1n) is 5.96. The highest BCUT2D eigenvalue weighted by atomic mass is 16.5. The fourth-order valence-corrected chi connectivity index (χ4v) is 2.25. The number of nitrogens with zero attached hydrogens (tertiary/aromatic N) is 2. The van der Waals surface area contributed by atoms with Gasteiger partial charge in [-0.15, -0.1) is 0 Å². The van der Waals surface area contributed by atoms with E-state index >= 15 is 0 Å². The van der Waals surface area contributed by atoms with Gasteiger partial charge in [-0.2, -0.15) is 5.10 Å². The van der Waals surface area contributed by atoms with Gasteiger partial charge in [0.05, 0.1) is 19.9 Å². The Balaban J connectivity index is 2.59. The van der Waals surface area contributed by atoms with E-state index in [1.165, 1.54) is 0 Å². The Morgan fingerprint density at radius 1 is 1.26 bits per heavy atom. The lowest BCUT2D eigenvalue weighted by Gasteiger charge is -2.28. The molecule has 1 aromatic carbocycles. The van der Waals surface area contributed by atoms with Gasteiger partial charge in [0, 0.05) is 14.2 Å². The zero-order chi connectivity index (χ0) is 13.9. The third kappa shape index (κ3) is 2.34. The summed E-state index contributed by atoms with van der Waals surface area (Å²) in [5, 5.41) is 15.2. The van der Waals surface area contributed by atoms with E-state index in [0.717, 1.165) is 5.56 Å². The van der Waals surface area contributed by atoms with Crippen molar-refractivity contribution < 1.29 is 14.6 Å². The van der Waals surface area contributed by atoms with Gasteiger partial charge in [-0.3, -0.25) is 4.68 Å². The second-order valence-corrected chi connectivity index (χ2v) is 4.34. The van der Waals surface area contributed by atoms with Crippen LogP contribution in [-0.4, -0.2) is 35.7 Å². The second kappa shape index (κ2) is 5.42. The summed E-state index contributed by atoms with van der Waals surface area (Å²) in [7, 11) is 4.87. The van der Waals surface area contributed by atoms with Crippen LogP contribution in [0.3, 0.4) is 0 Å². The summed E-state index contributed by atoms with van der Waals surface area (Å²) < 4.78 is 12.1. The van der Waals surface area contributed by atoms with Crippen LogP contribution in [0.15, 0.2) is 36.5 Å². The monoisotopic (exact) mass is 262 g/mol. The minimum absolute atomic E-state index is 0.118. The highest BCUT2D eigenvalue weighted by Gasteiger charge is 2.37. The van der Waals surface area contributed by atoms with E-state index in [1.807, 2.05) is 30.3 Å². The predicted molar refractivity (Wildman–Crippen MR) is 71.1 cm³/mol. The Kier molecular flexibility index (Phi) is 3.87. The van der Waals surface area contributed by atoms with Crippen molar-refractivity contribution in [3.05, 3.63) is 47.8 Å². The molecule has 1 atom stereocenters. The van der Waals surface area contributed by atoms with Gasteiger partial charge < -0.3 is 14.6 Å². The quantitative estimate of drug-likeness (QED) is 0.882. The zero-order valence-electron chi connectivity index (χ0n) is 11.3. The average molecular weight is 262 g/mol. The minimum Gasteiger partial charge on any atom is -0.493 e. The lowest BCUT2D eigenvalue weighted by atomic mass is 9.90. The summed E-state index contributed by atoms with van der Waals surface area (Å²) in [6, 6.07) is 9.35. The van der Waals surface area contributed by atoms with Crippen LogP contribution in [0.1, 0.15) is 11.3 Å². The van der Waals surface area contributed by atoms with Gasteiger partial charge in [0.15, 0.2) is 11.4 Å². The topological polar surface area (TPSA) is 56.5 Å². The van der Waals surface area contributed by atoms with E-state index in [-0.39, 0.29) is 6.61 Å². The molecule has 0 aliphatic carbocycles. The summed E-state index contributed by atoms with van der Waals surface area (Å²) >= 11 is 0. The first kappa shape index (κ1) is 13.6. The molecule has 0 spiro atoms. The Morgan fingerprint density at radius 3 is 2.53 bits per heavy atom. The third-order valence-electron chi connectivity index (χ3n) is 3.12. The Bertz CT molecular complexity index is 539. The minimum atomic E-state index is -1.30. The predicted octanol–water partition coefficient (Wildman–Crippen LogP) is 1.31. The van der Waals surface area contributed by atoms with E-state index in [0.29, 0.717) is 11.4 Å². The zero-order valence-corrected chi connectivity index (χ0v) is 11.3. The van der Waals surface area contributed by atoms with Crippen LogP contribution in [-0.2, 0) is 17.4 Å². The SMILES string of the molecule is COCC(O)(c1ccccc1)c1c(OC)cnn1C. The maximum absolute atomic E-state index is 11.1. The number of aryl methyl sites for hydroxylation is 1. The molecule has 0 aliphatic heterocycles. The van der Waals surface area contributed by atoms with Crippen LogP contribution in [0.2, 0.25) is 0 Å². The molecular formula is C14H18N2O3.